The zero-order chi connectivity index (χ0) is 15.2. The molecule has 0 aliphatic rings. The topological polar surface area (TPSA) is 55.1 Å². The number of hydrogen-bond acceptors (Lipinski definition) is 4. The number of rotatable bonds is 7. The van der Waals surface area contributed by atoms with Crippen LogP contribution in [0.25, 0.3) is 10.9 Å². The second kappa shape index (κ2) is 7.61. The number of nitrogens with zero attached hydrogens (tertiary/aromatic N) is 2. The second-order valence-corrected chi connectivity index (χ2v) is 6.26. The quantitative estimate of drug-likeness (QED) is 0.631. The summed E-state index contributed by atoms with van der Waals surface area (Å²) < 4.78 is 1.70. The van der Waals surface area contributed by atoms with E-state index in [1.165, 1.54) is 0 Å². The molecule has 1 heterocycles. The summed E-state index contributed by atoms with van der Waals surface area (Å²) >= 11 is 1.63. The van der Waals surface area contributed by atoms with Crippen LogP contribution in [0.4, 0.5) is 0 Å². The fourth-order valence-electron chi connectivity index (χ4n) is 2.02. The van der Waals surface area contributed by atoms with E-state index in [1.54, 1.807) is 16.3 Å². The highest BCUT2D eigenvalue weighted by atomic mass is 32.2. The van der Waals surface area contributed by atoms with Crippen molar-refractivity contribution in [2.45, 2.75) is 38.4 Å². The van der Waals surface area contributed by atoms with Crippen LogP contribution in [0.3, 0.4) is 0 Å². The average Bonchev–Trinajstić information content (AvgIpc) is 2.52. The number of aliphatic hydroxyl groups is 1. The largest absolute Gasteiger partial charge is 0.396 e. The molecular formula is C16H22N2O2S. The highest BCUT2D eigenvalue weighted by Gasteiger charge is 2.12. The Morgan fingerprint density at radius 1 is 1.38 bits per heavy atom. The van der Waals surface area contributed by atoms with Crippen LogP contribution in [0.1, 0.15) is 26.7 Å². The molecule has 0 amide bonds. The Morgan fingerprint density at radius 2 is 2.14 bits per heavy atom. The monoisotopic (exact) mass is 306 g/mol. The Balaban J connectivity index is 2.42. The lowest BCUT2D eigenvalue weighted by atomic mass is 10.2. The third-order valence-electron chi connectivity index (χ3n) is 3.56. The first-order valence-electron chi connectivity index (χ1n) is 7.40. The van der Waals surface area contributed by atoms with E-state index in [0.29, 0.717) is 24.3 Å². The van der Waals surface area contributed by atoms with Gasteiger partial charge >= 0.3 is 0 Å². The fraction of sp³-hybridized carbons (Fsp3) is 0.500. The van der Waals surface area contributed by atoms with Crippen molar-refractivity contribution in [2.24, 2.45) is 5.92 Å². The van der Waals surface area contributed by atoms with Crippen LogP contribution in [0.5, 0.6) is 0 Å². The Labute approximate surface area is 129 Å². The van der Waals surface area contributed by atoms with Crippen LogP contribution in [0.2, 0.25) is 0 Å². The first kappa shape index (κ1) is 16.0. The molecular weight excluding hydrogens is 284 g/mol. The first-order chi connectivity index (χ1) is 10.2. The number of aliphatic hydroxyl groups excluding tert-OH is 1. The van der Waals surface area contributed by atoms with Crippen molar-refractivity contribution in [1.82, 2.24) is 9.55 Å². The lowest BCUT2D eigenvalue weighted by Gasteiger charge is -2.14. The van der Waals surface area contributed by atoms with Crippen molar-refractivity contribution in [3.63, 3.8) is 0 Å². The fourth-order valence-corrected chi connectivity index (χ4v) is 3.18. The molecule has 4 nitrogen and oxygen atoms in total. The van der Waals surface area contributed by atoms with E-state index in [4.69, 9.17) is 5.11 Å². The molecule has 0 aliphatic heterocycles. The van der Waals surface area contributed by atoms with Gasteiger partial charge in [0.2, 0.25) is 0 Å². The summed E-state index contributed by atoms with van der Waals surface area (Å²) in [6.07, 6.45) is 1.68. The minimum absolute atomic E-state index is 0.0132. The smallest absolute Gasteiger partial charge is 0.262 e. The van der Waals surface area contributed by atoms with Gasteiger partial charge in [-0.15, -0.1) is 0 Å². The molecule has 0 aliphatic carbocycles. The minimum Gasteiger partial charge on any atom is -0.396 e. The maximum Gasteiger partial charge on any atom is 0.262 e. The number of benzene rings is 1. The van der Waals surface area contributed by atoms with Crippen LogP contribution >= 0.6 is 11.8 Å². The van der Waals surface area contributed by atoms with Crippen molar-refractivity contribution >= 4 is 22.7 Å². The lowest BCUT2D eigenvalue weighted by Crippen LogP contribution is -2.24. The Hall–Kier alpha value is -1.33. The summed E-state index contributed by atoms with van der Waals surface area (Å²) in [7, 11) is 0. The van der Waals surface area contributed by atoms with Crippen LogP contribution < -0.4 is 5.56 Å². The predicted molar refractivity (Wildman–Crippen MR) is 87.9 cm³/mol. The zero-order valence-electron chi connectivity index (χ0n) is 12.6. The number of fused-ring (bicyclic) bond motifs is 1. The highest BCUT2D eigenvalue weighted by molar-refractivity contribution is 7.99. The van der Waals surface area contributed by atoms with Gasteiger partial charge in [-0.2, -0.15) is 0 Å². The Bertz CT molecular complexity index is 654. The van der Waals surface area contributed by atoms with Gasteiger partial charge in [-0.25, -0.2) is 4.98 Å². The SMILES string of the molecule is CCC(C)CSc1nc2ccccc2c(=O)n1CCCO. The van der Waals surface area contributed by atoms with Crippen molar-refractivity contribution in [3.05, 3.63) is 34.6 Å². The van der Waals surface area contributed by atoms with Gasteiger partial charge in [0.05, 0.1) is 10.9 Å². The molecule has 21 heavy (non-hydrogen) atoms. The maximum atomic E-state index is 12.6. The highest BCUT2D eigenvalue weighted by Crippen LogP contribution is 2.21. The normalized spacial score (nSPS) is 12.7. The van der Waals surface area contributed by atoms with Gasteiger partial charge in [0.1, 0.15) is 0 Å². The molecule has 5 heteroatoms. The van der Waals surface area contributed by atoms with Gasteiger partial charge < -0.3 is 5.11 Å². The van der Waals surface area contributed by atoms with Gasteiger partial charge in [-0.05, 0) is 24.5 Å². The first-order valence-corrected chi connectivity index (χ1v) is 8.39. The molecule has 0 radical (unpaired) electrons. The lowest BCUT2D eigenvalue weighted by molar-refractivity contribution is 0.276. The molecule has 1 N–H and O–H groups in total. The molecule has 2 rings (SSSR count). The summed E-state index contributed by atoms with van der Waals surface area (Å²) in [6, 6.07) is 7.44. The molecule has 114 valence electrons. The van der Waals surface area contributed by atoms with Gasteiger partial charge in [-0.3, -0.25) is 9.36 Å². The van der Waals surface area contributed by atoms with Crippen molar-refractivity contribution < 1.29 is 5.11 Å². The summed E-state index contributed by atoms with van der Waals surface area (Å²) in [4.78, 5) is 17.2. The molecule has 0 spiro atoms. The van der Waals surface area contributed by atoms with Crippen LogP contribution in [0.15, 0.2) is 34.2 Å². The van der Waals surface area contributed by atoms with Crippen molar-refractivity contribution in [3.8, 4) is 0 Å². The molecule has 1 atom stereocenters. The van der Waals surface area contributed by atoms with Gasteiger partial charge in [-0.1, -0.05) is 44.2 Å². The van der Waals surface area contributed by atoms with E-state index in [2.05, 4.69) is 18.8 Å². The molecule has 1 aromatic carbocycles. The summed E-state index contributed by atoms with van der Waals surface area (Å²) in [6.45, 7) is 4.95. The van der Waals surface area contributed by atoms with Crippen LogP contribution in [-0.4, -0.2) is 27.0 Å². The predicted octanol–water partition coefficient (Wildman–Crippen LogP) is 2.92. The van der Waals surface area contributed by atoms with E-state index in [-0.39, 0.29) is 12.2 Å². The summed E-state index contributed by atoms with van der Waals surface area (Å²) in [5.74, 6) is 1.53. The number of thioether (sulfide) groups is 1. The second-order valence-electron chi connectivity index (χ2n) is 5.27. The Morgan fingerprint density at radius 3 is 2.86 bits per heavy atom. The average molecular weight is 306 g/mol. The molecule has 1 aromatic heterocycles. The molecule has 0 saturated carbocycles. The molecule has 2 aromatic rings. The van der Waals surface area contributed by atoms with Crippen molar-refractivity contribution in [1.29, 1.82) is 0 Å². The summed E-state index contributed by atoms with van der Waals surface area (Å²) in [5.41, 5.74) is 0.732. The number of aromatic nitrogens is 2. The standard InChI is InChI=1S/C16H22N2O2S/c1-3-12(2)11-21-16-17-14-8-5-4-7-13(14)15(20)18(16)9-6-10-19/h4-5,7-8,12,19H,3,6,9-11H2,1-2H3. The third-order valence-corrected chi connectivity index (χ3v) is 4.87. The Kier molecular flexibility index (Phi) is 5.82. The number of hydrogen-bond donors (Lipinski definition) is 1. The van der Waals surface area contributed by atoms with E-state index < -0.39 is 0 Å². The molecule has 0 bridgehead atoms. The zero-order valence-corrected chi connectivity index (χ0v) is 13.4. The molecule has 1 unspecified atom stereocenters. The van der Waals surface area contributed by atoms with Crippen molar-refractivity contribution in [2.75, 3.05) is 12.4 Å². The number of para-hydroxylation sites is 1. The van der Waals surface area contributed by atoms with Gasteiger partial charge in [0.15, 0.2) is 5.16 Å². The third kappa shape index (κ3) is 3.86. The van der Waals surface area contributed by atoms with Crippen LogP contribution in [0, 0.1) is 5.92 Å². The maximum absolute atomic E-state index is 12.6. The minimum atomic E-state index is -0.0132. The molecule has 0 fully saturated rings. The van der Waals surface area contributed by atoms with E-state index >= 15 is 0 Å². The van der Waals surface area contributed by atoms with E-state index in [1.807, 2.05) is 24.3 Å². The van der Waals surface area contributed by atoms with Crippen LogP contribution in [-0.2, 0) is 6.54 Å². The van der Waals surface area contributed by atoms with E-state index in [9.17, 15) is 4.79 Å². The van der Waals surface area contributed by atoms with E-state index in [0.717, 1.165) is 22.8 Å². The summed E-state index contributed by atoms with van der Waals surface area (Å²) in [5, 5.41) is 10.4. The van der Waals surface area contributed by atoms with Gasteiger partial charge in [0.25, 0.3) is 5.56 Å². The molecule has 0 saturated heterocycles. The van der Waals surface area contributed by atoms with Gasteiger partial charge in [0, 0.05) is 18.9 Å².